The number of nitrogen functional groups attached to an aromatic ring is 1. The van der Waals surface area contributed by atoms with Gasteiger partial charge in [-0.1, -0.05) is 6.92 Å². The van der Waals surface area contributed by atoms with E-state index in [2.05, 4.69) is 15.3 Å². The molecule has 1 saturated carbocycles. The molecule has 4 aromatic rings. The first-order valence-electron chi connectivity index (χ1n) is 11.4. The normalized spacial score (nSPS) is 25.9. The molecule has 0 spiro atoms. The van der Waals surface area contributed by atoms with Crippen LogP contribution >= 0.6 is 0 Å². The summed E-state index contributed by atoms with van der Waals surface area (Å²) in [5.74, 6) is 1.23. The number of aromatic nitrogens is 3. The van der Waals surface area contributed by atoms with Crippen molar-refractivity contribution in [3.8, 4) is 11.5 Å². The van der Waals surface area contributed by atoms with Crippen molar-refractivity contribution in [3.05, 3.63) is 48.8 Å². The summed E-state index contributed by atoms with van der Waals surface area (Å²) in [5.41, 5.74) is 7.29. The van der Waals surface area contributed by atoms with Gasteiger partial charge in [-0.15, -0.1) is 0 Å². The van der Waals surface area contributed by atoms with Crippen LogP contribution in [-0.4, -0.2) is 56.1 Å². The van der Waals surface area contributed by atoms with Crippen LogP contribution in [-0.2, 0) is 4.79 Å². The molecule has 1 aliphatic carbocycles. The van der Waals surface area contributed by atoms with Gasteiger partial charge in [0.15, 0.2) is 18.2 Å². The number of fused-ring (bicyclic) bond motifs is 3. The summed E-state index contributed by atoms with van der Waals surface area (Å²) in [5, 5.41) is 26.3. The van der Waals surface area contributed by atoms with Crippen LogP contribution in [0.3, 0.4) is 0 Å². The number of nitrogens with one attached hydrogen (secondary N) is 1. The number of aliphatic hydroxyl groups is 2. The van der Waals surface area contributed by atoms with E-state index in [0.717, 1.165) is 10.8 Å². The Hall–Kier alpha value is -3.89. The van der Waals surface area contributed by atoms with Gasteiger partial charge < -0.3 is 35.3 Å². The zero-order chi connectivity index (χ0) is 24.3. The van der Waals surface area contributed by atoms with E-state index in [1.807, 2.05) is 42.0 Å². The molecule has 1 aliphatic heterocycles. The highest BCUT2D eigenvalue weighted by atomic mass is 16.5. The number of hydrogen-bond acceptors (Lipinski definition) is 8. The molecule has 0 saturated heterocycles. The highest BCUT2D eigenvalue weighted by Crippen LogP contribution is 2.46. The van der Waals surface area contributed by atoms with Crippen molar-refractivity contribution in [1.82, 2.24) is 14.5 Å². The molecule has 6 rings (SSSR count). The Labute approximate surface area is 200 Å². The SMILES string of the molecule is C[C@]1(COc2ccc3cc4c(nc3c2)NC(=O)CO4)C[C@@H](n2ccc3c(N)ccnc32)[C@H](O)[C@@H]1O. The number of hydrogen-bond donors (Lipinski definition) is 4. The maximum atomic E-state index is 11.6. The third kappa shape index (κ3) is 3.53. The fourth-order valence-corrected chi connectivity index (χ4v) is 5.07. The molecule has 35 heavy (non-hydrogen) atoms. The Morgan fingerprint density at radius 1 is 1.29 bits per heavy atom. The molecule has 4 heterocycles. The molecule has 0 unspecified atom stereocenters. The van der Waals surface area contributed by atoms with Gasteiger partial charge in [0.2, 0.25) is 0 Å². The van der Waals surface area contributed by atoms with E-state index in [9.17, 15) is 15.0 Å². The second kappa shape index (κ2) is 7.82. The first-order valence-corrected chi connectivity index (χ1v) is 11.4. The first-order chi connectivity index (χ1) is 16.8. The number of amides is 1. The molecule has 5 N–H and O–H groups in total. The van der Waals surface area contributed by atoms with Gasteiger partial charge in [0.1, 0.15) is 17.5 Å². The molecule has 4 atom stereocenters. The quantitative estimate of drug-likeness (QED) is 0.352. The zero-order valence-corrected chi connectivity index (χ0v) is 19.0. The third-order valence-electron chi connectivity index (χ3n) is 7.05. The lowest BCUT2D eigenvalue weighted by Gasteiger charge is -2.28. The number of benzene rings is 1. The fourth-order valence-electron chi connectivity index (χ4n) is 5.07. The number of ether oxygens (including phenoxy) is 2. The number of nitrogens with zero attached hydrogens (tertiary/aromatic N) is 3. The number of anilines is 2. The predicted octanol–water partition coefficient (Wildman–Crippen LogP) is 2.25. The Balaban J connectivity index is 1.23. The molecule has 10 heteroatoms. The largest absolute Gasteiger partial charge is 0.493 e. The Kier molecular flexibility index (Phi) is 4.83. The lowest BCUT2D eigenvalue weighted by Crippen LogP contribution is -2.38. The topological polar surface area (TPSA) is 145 Å². The second-order valence-electron chi connectivity index (χ2n) is 9.54. The molecule has 10 nitrogen and oxygen atoms in total. The standard InChI is InChI=1S/C25H25N5O5/c1-25(10-18(21(32)22(25)33)30-7-5-15-16(26)4-6-27-24(15)30)12-35-14-3-2-13-8-19-23(28-17(13)9-14)29-20(31)11-34-19/h2-9,18,21-22,32-33H,10-12H2,1H3,(H2,26,27)(H,28,29,31)/t18-,21+,22+,25-/m1/s1. The van der Waals surface area contributed by atoms with Crippen molar-refractivity contribution in [1.29, 1.82) is 0 Å². The third-order valence-corrected chi connectivity index (χ3v) is 7.05. The van der Waals surface area contributed by atoms with Crippen LogP contribution < -0.4 is 20.5 Å². The van der Waals surface area contributed by atoms with Crippen molar-refractivity contribution < 1.29 is 24.5 Å². The van der Waals surface area contributed by atoms with Gasteiger partial charge in [-0.25, -0.2) is 9.97 Å². The second-order valence-corrected chi connectivity index (χ2v) is 9.54. The maximum absolute atomic E-state index is 11.6. The monoisotopic (exact) mass is 475 g/mol. The number of aliphatic hydroxyl groups excluding tert-OH is 2. The number of pyridine rings is 2. The Bertz CT molecular complexity index is 1470. The van der Waals surface area contributed by atoms with Crippen LogP contribution in [0.15, 0.2) is 48.8 Å². The smallest absolute Gasteiger partial charge is 0.263 e. The summed E-state index contributed by atoms with van der Waals surface area (Å²) in [4.78, 5) is 20.5. The summed E-state index contributed by atoms with van der Waals surface area (Å²) in [6.07, 6.45) is 1.98. The highest BCUT2D eigenvalue weighted by Gasteiger charge is 2.51. The van der Waals surface area contributed by atoms with E-state index in [4.69, 9.17) is 15.2 Å². The van der Waals surface area contributed by atoms with E-state index < -0.39 is 17.6 Å². The van der Waals surface area contributed by atoms with Gasteiger partial charge in [-0.2, -0.15) is 0 Å². The summed E-state index contributed by atoms with van der Waals surface area (Å²) >= 11 is 0. The van der Waals surface area contributed by atoms with E-state index in [1.165, 1.54) is 0 Å². The lowest BCUT2D eigenvalue weighted by molar-refractivity contribution is -0.118. The van der Waals surface area contributed by atoms with Crippen molar-refractivity contribution in [2.75, 3.05) is 24.3 Å². The summed E-state index contributed by atoms with van der Waals surface area (Å²) in [7, 11) is 0. The van der Waals surface area contributed by atoms with Crippen LogP contribution in [0.5, 0.6) is 11.5 Å². The fraction of sp³-hybridized carbons (Fsp3) is 0.320. The summed E-state index contributed by atoms with van der Waals surface area (Å²) in [6.45, 7) is 2.06. The number of carbonyl (C=O) groups is 1. The number of nitrogens with two attached hydrogens (primary N) is 1. The predicted molar refractivity (Wildman–Crippen MR) is 129 cm³/mol. The molecule has 2 aliphatic rings. The minimum absolute atomic E-state index is 0.0304. The molecule has 1 amide bonds. The Morgan fingerprint density at radius 3 is 3.00 bits per heavy atom. The minimum Gasteiger partial charge on any atom is -0.493 e. The van der Waals surface area contributed by atoms with Crippen molar-refractivity contribution >= 4 is 39.3 Å². The van der Waals surface area contributed by atoms with Crippen LogP contribution in [0, 0.1) is 5.41 Å². The molecular formula is C25H25N5O5. The van der Waals surface area contributed by atoms with Crippen LogP contribution in [0.2, 0.25) is 0 Å². The van der Waals surface area contributed by atoms with Gasteiger partial charge >= 0.3 is 0 Å². The van der Waals surface area contributed by atoms with Gasteiger partial charge in [-0.05, 0) is 36.8 Å². The minimum atomic E-state index is -0.996. The average molecular weight is 476 g/mol. The van der Waals surface area contributed by atoms with Crippen molar-refractivity contribution in [2.24, 2.45) is 5.41 Å². The van der Waals surface area contributed by atoms with Gasteiger partial charge in [0.25, 0.3) is 5.91 Å². The van der Waals surface area contributed by atoms with E-state index >= 15 is 0 Å². The Morgan fingerprint density at radius 2 is 2.14 bits per heavy atom. The average Bonchev–Trinajstić information content (AvgIpc) is 3.37. The maximum Gasteiger partial charge on any atom is 0.263 e. The zero-order valence-electron chi connectivity index (χ0n) is 19.0. The molecule has 3 aromatic heterocycles. The molecule has 1 aromatic carbocycles. The van der Waals surface area contributed by atoms with Crippen LogP contribution in [0.4, 0.5) is 11.5 Å². The van der Waals surface area contributed by atoms with E-state index in [1.54, 1.807) is 18.3 Å². The summed E-state index contributed by atoms with van der Waals surface area (Å²) in [6, 6.07) is 10.5. The van der Waals surface area contributed by atoms with Crippen LogP contribution in [0.1, 0.15) is 19.4 Å². The van der Waals surface area contributed by atoms with Crippen molar-refractivity contribution in [3.63, 3.8) is 0 Å². The molecule has 1 fully saturated rings. The van der Waals surface area contributed by atoms with Gasteiger partial charge in [-0.3, -0.25) is 4.79 Å². The highest BCUT2D eigenvalue weighted by molar-refractivity contribution is 5.96. The molecule has 0 radical (unpaired) electrons. The van der Waals surface area contributed by atoms with Crippen LogP contribution in [0.25, 0.3) is 21.9 Å². The molecular weight excluding hydrogens is 450 g/mol. The summed E-state index contributed by atoms with van der Waals surface area (Å²) < 4.78 is 13.4. The number of carbonyl (C=O) groups excluding carboxylic acids is 1. The number of rotatable bonds is 4. The van der Waals surface area contributed by atoms with E-state index in [0.29, 0.717) is 40.6 Å². The molecule has 180 valence electrons. The van der Waals surface area contributed by atoms with Gasteiger partial charge in [0, 0.05) is 40.3 Å². The van der Waals surface area contributed by atoms with Gasteiger partial charge in [0.05, 0.1) is 24.3 Å². The lowest BCUT2D eigenvalue weighted by atomic mass is 9.87. The van der Waals surface area contributed by atoms with Crippen molar-refractivity contribution in [2.45, 2.75) is 31.6 Å². The van der Waals surface area contributed by atoms with E-state index in [-0.39, 0.29) is 25.2 Å². The first kappa shape index (κ1) is 21.6. The molecule has 0 bridgehead atoms.